The van der Waals surface area contributed by atoms with Gasteiger partial charge in [0.05, 0.1) is 5.56 Å². The van der Waals surface area contributed by atoms with Crippen molar-refractivity contribution in [3.05, 3.63) is 41.8 Å². The molecule has 0 aliphatic rings. The van der Waals surface area contributed by atoms with Gasteiger partial charge in [-0.2, -0.15) is 0 Å². The van der Waals surface area contributed by atoms with Crippen molar-refractivity contribution in [3.8, 4) is 11.5 Å². The van der Waals surface area contributed by atoms with Gasteiger partial charge >= 0.3 is 5.97 Å². The molecule has 1 heterocycles. The second-order valence-electron chi connectivity index (χ2n) is 2.94. The first-order valence-corrected chi connectivity index (χ1v) is 4.23. The summed E-state index contributed by atoms with van der Waals surface area (Å²) in [5, 5.41) is 8.58. The van der Waals surface area contributed by atoms with Crippen LogP contribution in [-0.2, 0) is 0 Å². The van der Waals surface area contributed by atoms with Gasteiger partial charge in [0, 0.05) is 0 Å². The quantitative estimate of drug-likeness (QED) is 0.851. The molecule has 0 atom stereocenters. The van der Waals surface area contributed by atoms with E-state index < -0.39 is 17.6 Å². The Morgan fingerprint density at radius 2 is 2.12 bits per heavy atom. The van der Waals surface area contributed by atoms with Crippen molar-refractivity contribution in [2.45, 2.75) is 0 Å². The maximum atomic E-state index is 13.3. The lowest BCUT2D eigenvalue weighted by Crippen LogP contribution is -1.96. The molecule has 82 valence electrons. The van der Waals surface area contributed by atoms with Gasteiger partial charge in [0.2, 0.25) is 5.89 Å². The van der Waals surface area contributed by atoms with E-state index in [2.05, 4.69) is 4.98 Å². The van der Waals surface area contributed by atoms with Crippen molar-refractivity contribution in [1.29, 1.82) is 0 Å². The van der Waals surface area contributed by atoms with E-state index in [4.69, 9.17) is 9.52 Å². The number of carboxylic acid groups (broad SMARTS) is 1. The Kier molecular flexibility index (Phi) is 2.40. The minimum Gasteiger partial charge on any atom is -0.476 e. The molecule has 0 amide bonds. The summed E-state index contributed by atoms with van der Waals surface area (Å²) in [6.45, 7) is 0. The highest BCUT2D eigenvalue weighted by Crippen LogP contribution is 2.23. The van der Waals surface area contributed by atoms with Crippen LogP contribution in [0.25, 0.3) is 11.5 Å². The molecule has 16 heavy (non-hydrogen) atoms. The summed E-state index contributed by atoms with van der Waals surface area (Å²) in [6.07, 6.45) is 0.863. The van der Waals surface area contributed by atoms with Crippen LogP contribution >= 0.6 is 0 Å². The van der Waals surface area contributed by atoms with Gasteiger partial charge in [-0.1, -0.05) is 6.07 Å². The van der Waals surface area contributed by atoms with Crippen LogP contribution in [0.15, 0.2) is 28.9 Å². The number of aromatic nitrogens is 1. The molecule has 2 aromatic rings. The van der Waals surface area contributed by atoms with Gasteiger partial charge in [-0.25, -0.2) is 18.6 Å². The van der Waals surface area contributed by atoms with E-state index in [1.807, 2.05) is 0 Å². The molecule has 0 aliphatic heterocycles. The molecule has 1 aromatic carbocycles. The van der Waals surface area contributed by atoms with Crippen molar-refractivity contribution >= 4 is 5.97 Å². The van der Waals surface area contributed by atoms with Gasteiger partial charge in [0.25, 0.3) is 0 Å². The van der Waals surface area contributed by atoms with Crippen molar-refractivity contribution < 1.29 is 23.1 Å². The van der Waals surface area contributed by atoms with E-state index in [0.29, 0.717) is 0 Å². The fourth-order valence-corrected chi connectivity index (χ4v) is 1.16. The van der Waals surface area contributed by atoms with E-state index in [9.17, 15) is 13.6 Å². The summed E-state index contributed by atoms with van der Waals surface area (Å²) < 4.78 is 30.9. The molecular weight excluding hydrogens is 220 g/mol. The zero-order valence-electron chi connectivity index (χ0n) is 7.78. The number of halogens is 2. The average Bonchev–Trinajstić information content (AvgIpc) is 2.71. The Labute approximate surface area is 88.2 Å². The smallest absolute Gasteiger partial charge is 0.357 e. The second-order valence-corrected chi connectivity index (χ2v) is 2.94. The third kappa shape index (κ3) is 1.65. The highest BCUT2D eigenvalue weighted by atomic mass is 19.2. The van der Waals surface area contributed by atoms with Crippen LogP contribution in [0.5, 0.6) is 0 Å². The summed E-state index contributed by atoms with van der Waals surface area (Å²) in [5.41, 5.74) is -0.578. The van der Waals surface area contributed by atoms with E-state index >= 15 is 0 Å². The minimum atomic E-state index is -1.30. The van der Waals surface area contributed by atoms with E-state index in [-0.39, 0.29) is 17.1 Å². The lowest BCUT2D eigenvalue weighted by atomic mass is 10.2. The van der Waals surface area contributed by atoms with Crippen LogP contribution in [0, 0.1) is 11.6 Å². The highest BCUT2D eigenvalue weighted by Gasteiger charge is 2.16. The summed E-state index contributed by atoms with van der Waals surface area (Å²) in [6, 6.07) is 3.47. The van der Waals surface area contributed by atoms with Gasteiger partial charge in [-0.05, 0) is 12.1 Å². The Hall–Kier alpha value is -2.24. The van der Waals surface area contributed by atoms with Crippen LogP contribution < -0.4 is 0 Å². The molecule has 0 spiro atoms. The zero-order chi connectivity index (χ0) is 11.7. The van der Waals surface area contributed by atoms with E-state index in [1.54, 1.807) is 0 Å². The minimum absolute atomic E-state index is 0.215. The maximum Gasteiger partial charge on any atom is 0.357 e. The number of carbonyl (C=O) groups is 1. The SMILES string of the molecule is O=C(O)c1coc(-c2cccc(F)c2F)n1. The second kappa shape index (κ2) is 3.73. The first kappa shape index (κ1) is 10.3. The third-order valence-electron chi connectivity index (χ3n) is 1.91. The van der Waals surface area contributed by atoms with E-state index in [1.165, 1.54) is 12.1 Å². The molecule has 0 radical (unpaired) electrons. The molecule has 1 aromatic heterocycles. The predicted octanol–water partition coefficient (Wildman–Crippen LogP) is 2.32. The fraction of sp³-hybridized carbons (Fsp3) is 0. The Bertz CT molecular complexity index is 551. The topological polar surface area (TPSA) is 63.3 Å². The van der Waals surface area contributed by atoms with Gasteiger partial charge in [-0.15, -0.1) is 0 Å². The normalized spacial score (nSPS) is 10.4. The summed E-state index contributed by atoms with van der Waals surface area (Å²) >= 11 is 0. The van der Waals surface area contributed by atoms with Crippen molar-refractivity contribution in [1.82, 2.24) is 4.98 Å². The molecule has 0 saturated heterocycles. The van der Waals surface area contributed by atoms with Crippen LogP contribution in [0.4, 0.5) is 8.78 Å². The van der Waals surface area contributed by atoms with Crippen molar-refractivity contribution in [2.75, 3.05) is 0 Å². The number of benzene rings is 1. The molecular formula is C10H5F2NO3. The third-order valence-corrected chi connectivity index (χ3v) is 1.91. The van der Waals surface area contributed by atoms with Crippen molar-refractivity contribution in [3.63, 3.8) is 0 Å². The monoisotopic (exact) mass is 225 g/mol. The number of nitrogens with zero attached hydrogens (tertiary/aromatic N) is 1. The first-order chi connectivity index (χ1) is 7.59. The maximum absolute atomic E-state index is 13.3. The summed E-state index contributed by atoms with van der Waals surface area (Å²) in [5.74, 6) is -3.74. The fourth-order valence-electron chi connectivity index (χ4n) is 1.16. The number of hydrogen-bond acceptors (Lipinski definition) is 3. The molecule has 0 saturated carbocycles. The number of hydrogen-bond donors (Lipinski definition) is 1. The largest absolute Gasteiger partial charge is 0.476 e. The lowest BCUT2D eigenvalue weighted by Gasteiger charge is -1.97. The number of carboxylic acids is 1. The molecule has 0 unspecified atom stereocenters. The van der Waals surface area contributed by atoms with Gasteiger partial charge in [0.1, 0.15) is 6.26 Å². The molecule has 0 aliphatic carbocycles. The Morgan fingerprint density at radius 3 is 2.75 bits per heavy atom. The van der Waals surface area contributed by atoms with Gasteiger partial charge in [0.15, 0.2) is 17.3 Å². The predicted molar refractivity (Wildman–Crippen MR) is 48.8 cm³/mol. The number of rotatable bonds is 2. The highest BCUT2D eigenvalue weighted by molar-refractivity contribution is 5.85. The molecule has 1 N–H and O–H groups in total. The Balaban J connectivity index is 2.50. The molecule has 2 rings (SSSR count). The van der Waals surface area contributed by atoms with Crippen LogP contribution in [0.1, 0.15) is 10.5 Å². The summed E-state index contributed by atoms with van der Waals surface area (Å²) in [7, 11) is 0. The average molecular weight is 225 g/mol. The molecule has 0 bridgehead atoms. The molecule has 6 heteroatoms. The van der Waals surface area contributed by atoms with Crippen LogP contribution in [0.2, 0.25) is 0 Å². The lowest BCUT2D eigenvalue weighted by molar-refractivity contribution is 0.0690. The summed E-state index contributed by atoms with van der Waals surface area (Å²) in [4.78, 5) is 14.0. The van der Waals surface area contributed by atoms with Crippen LogP contribution in [0.3, 0.4) is 0 Å². The number of oxazole rings is 1. The van der Waals surface area contributed by atoms with Gasteiger partial charge in [-0.3, -0.25) is 0 Å². The Morgan fingerprint density at radius 1 is 1.38 bits per heavy atom. The van der Waals surface area contributed by atoms with Gasteiger partial charge < -0.3 is 9.52 Å². The van der Waals surface area contributed by atoms with Crippen molar-refractivity contribution in [2.24, 2.45) is 0 Å². The standard InChI is InChI=1S/C10H5F2NO3/c11-6-3-1-2-5(8(6)12)9-13-7(4-16-9)10(14)15/h1-4H,(H,14,15). The first-order valence-electron chi connectivity index (χ1n) is 4.23. The van der Waals surface area contributed by atoms with Crippen LogP contribution in [-0.4, -0.2) is 16.1 Å². The molecule has 4 nitrogen and oxygen atoms in total. The zero-order valence-corrected chi connectivity index (χ0v) is 7.78. The molecule has 0 fully saturated rings. The van der Waals surface area contributed by atoms with E-state index in [0.717, 1.165) is 12.3 Å². The number of aromatic carboxylic acids is 1.